The quantitative estimate of drug-likeness (QED) is 0.388. The Morgan fingerprint density at radius 2 is 1.97 bits per heavy atom. The van der Waals surface area contributed by atoms with Gasteiger partial charge in [0.15, 0.2) is 5.65 Å². The fraction of sp³-hybridized carbons (Fsp3) is 0.250. The van der Waals surface area contributed by atoms with Crippen molar-refractivity contribution in [2.24, 2.45) is 5.92 Å². The highest BCUT2D eigenvalue weighted by atomic mass is 35.5. The number of rotatable bonds is 6. The molecule has 1 aliphatic heterocycles. The SMILES string of the molecule is Bc1cnn2c(NCC3CCCN(S(=O)(=O)c4ccc(F)cc4F)C3)cc(-c3ccccc3Cl)nc12. The third-order valence-corrected chi connectivity index (χ3v) is 8.59. The maximum atomic E-state index is 14.2. The van der Waals surface area contributed by atoms with E-state index < -0.39 is 26.6 Å². The number of aromatic nitrogens is 3. The van der Waals surface area contributed by atoms with Crippen molar-refractivity contribution in [1.29, 1.82) is 0 Å². The molecule has 1 unspecified atom stereocenters. The predicted molar refractivity (Wildman–Crippen MR) is 138 cm³/mol. The molecule has 0 bridgehead atoms. The Hall–Kier alpha value is -3.02. The molecular formula is C24H23BClF2N5O2S. The Kier molecular flexibility index (Phi) is 6.71. The molecule has 0 spiro atoms. The summed E-state index contributed by atoms with van der Waals surface area (Å²) < 4.78 is 56.6. The van der Waals surface area contributed by atoms with Gasteiger partial charge in [-0.1, -0.05) is 29.8 Å². The second-order valence-corrected chi connectivity index (χ2v) is 11.2. The van der Waals surface area contributed by atoms with Crippen molar-refractivity contribution in [1.82, 2.24) is 18.9 Å². The van der Waals surface area contributed by atoms with Gasteiger partial charge in [0.2, 0.25) is 10.0 Å². The van der Waals surface area contributed by atoms with Gasteiger partial charge in [-0.2, -0.15) is 13.9 Å². The molecule has 186 valence electrons. The van der Waals surface area contributed by atoms with E-state index in [0.29, 0.717) is 41.2 Å². The summed E-state index contributed by atoms with van der Waals surface area (Å²) in [5.41, 5.74) is 3.08. The van der Waals surface area contributed by atoms with E-state index in [1.807, 2.05) is 32.1 Å². The monoisotopic (exact) mass is 529 g/mol. The Balaban J connectivity index is 1.38. The Bertz CT molecular complexity index is 1550. The van der Waals surface area contributed by atoms with Crippen LogP contribution in [0.5, 0.6) is 0 Å². The smallest absolute Gasteiger partial charge is 0.245 e. The minimum atomic E-state index is -4.08. The average Bonchev–Trinajstić information content (AvgIpc) is 3.23. The molecule has 4 aromatic rings. The number of anilines is 1. The highest BCUT2D eigenvalue weighted by Crippen LogP contribution is 2.29. The number of nitrogens with zero attached hydrogens (tertiary/aromatic N) is 4. The van der Waals surface area contributed by atoms with Crippen molar-refractivity contribution in [3.63, 3.8) is 0 Å². The summed E-state index contributed by atoms with van der Waals surface area (Å²) in [4.78, 5) is 4.23. The van der Waals surface area contributed by atoms with E-state index in [9.17, 15) is 17.2 Å². The lowest BCUT2D eigenvalue weighted by Crippen LogP contribution is -2.42. The molecule has 7 nitrogen and oxygen atoms in total. The fourth-order valence-electron chi connectivity index (χ4n) is 4.49. The van der Waals surface area contributed by atoms with Crippen LogP contribution in [0.15, 0.2) is 59.6 Å². The summed E-state index contributed by atoms with van der Waals surface area (Å²) in [6.45, 7) is 0.970. The molecule has 1 N–H and O–H groups in total. The Labute approximate surface area is 213 Å². The molecule has 1 saturated heterocycles. The number of benzene rings is 2. The lowest BCUT2D eigenvalue weighted by Gasteiger charge is -2.32. The van der Waals surface area contributed by atoms with E-state index in [1.165, 1.54) is 4.31 Å². The van der Waals surface area contributed by atoms with Crippen LogP contribution in [0.3, 0.4) is 0 Å². The van der Waals surface area contributed by atoms with Crippen molar-refractivity contribution in [3.8, 4) is 11.3 Å². The van der Waals surface area contributed by atoms with Crippen LogP contribution >= 0.6 is 11.6 Å². The summed E-state index contributed by atoms with van der Waals surface area (Å²) in [5, 5.41) is 8.42. The van der Waals surface area contributed by atoms with Crippen LogP contribution in [0.4, 0.5) is 14.6 Å². The molecule has 2 aromatic carbocycles. The number of hydrogen-bond acceptors (Lipinski definition) is 5. The average molecular weight is 530 g/mol. The lowest BCUT2D eigenvalue weighted by molar-refractivity contribution is 0.274. The van der Waals surface area contributed by atoms with Gasteiger partial charge in [0.25, 0.3) is 0 Å². The minimum Gasteiger partial charge on any atom is -0.370 e. The van der Waals surface area contributed by atoms with Crippen molar-refractivity contribution in [2.75, 3.05) is 25.0 Å². The van der Waals surface area contributed by atoms with Crippen LogP contribution in [0.2, 0.25) is 5.02 Å². The third-order valence-electron chi connectivity index (χ3n) is 6.36. The van der Waals surface area contributed by atoms with Gasteiger partial charge in [-0.3, -0.25) is 0 Å². The van der Waals surface area contributed by atoms with Gasteiger partial charge in [0.1, 0.15) is 30.2 Å². The molecule has 36 heavy (non-hydrogen) atoms. The molecule has 12 heteroatoms. The Morgan fingerprint density at radius 1 is 1.17 bits per heavy atom. The Morgan fingerprint density at radius 3 is 2.75 bits per heavy atom. The standard InChI is InChI=1S/C24H23BClF2N5O2S/c25-18-13-30-33-23(11-21(31-24(18)33)17-5-1-2-6-19(17)26)29-12-15-4-3-9-32(14-15)36(34,35)22-8-7-16(27)10-20(22)28/h1-2,5-8,10-11,13,15,29H,3-4,9,12,14,25H2. The number of nitrogens with one attached hydrogen (secondary N) is 1. The summed E-state index contributed by atoms with van der Waals surface area (Å²) >= 11 is 6.41. The van der Waals surface area contributed by atoms with E-state index in [1.54, 1.807) is 16.8 Å². The van der Waals surface area contributed by atoms with Gasteiger partial charge in [-0.15, -0.1) is 0 Å². The summed E-state index contributed by atoms with van der Waals surface area (Å²) in [6, 6.07) is 11.8. The maximum Gasteiger partial charge on any atom is 0.245 e. The second-order valence-electron chi connectivity index (χ2n) is 8.90. The van der Waals surface area contributed by atoms with Gasteiger partial charge in [-0.05, 0) is 42.4 Å². The molecule has 0 aliphatic carbocycles. The molecule has 1 aliphatic rings. The van der Waals surface area contributed by atoms with Crippen LogP contribution in [0.1, 0.15) is 12.8 Å². The maximum absolute atomic E-state index is 14.2. The third kappa shape index (κ3) is 4.70. The van der Waals surface area contributed by atoms with Gasteiger partial charge in [0.05, 0.1) is 5.69 Å². The zero-order chi connectivity index (χ0) is 25.4. The highest BCUT2D eigenvalue weighted by molar-refractivity contribution is 7.89. The molecule has 0 radical (unpaired) electrons. The van der Waals surface area contributed by atoms with Crippen molar-refractivity contribution in [2.45, 2.75) is 17.7 Å². The summed E-state index contributed by atoms with van der Waals surface area (Å²) in [6.07, 6.45) is 3.16. The van der Waals surface area contributed by atoms with E-state index >= 15 is 0 Å². The molecule has 1 fully saturated rings. The lowest BCUT2D eigenvalue weighted by atomic mass is 9.99. The van der Waals surface area contributed by atoms with E-state index in [0.717, 1.165) is 29.6 Å². The van der Waals surface area contributed by atoms with Crippen LogP contribution < -0.4 is 10.8 Å². The van der Waals surface area contributed by atoms with Crippen LogP contribution in [0, 0.1) is 17.6 Å². The van der Waals surface area contributed by atoms with Crippen molar-refractivity contribution < 1.29 is 17.2 Å². The molecule has 1 atom stereocenters. The number of halogens is 3. The first-order chi connectivity index (χ1) is 17.2. The molecular weight excluding hydrogens is 507 g/mol. The first-order valence-corrected chi connectivity index (χ1v) is 13.3. The van der Waals surface area contributed by atoms with Crippen LogP contribution in [-0.2, 0) is 10.0 Å². The molecule has 2 aromatic heterocycles. The van der Waals surface area contributed by atoms with Gasteiger partial charge in [-0.25, -0.2) is 22.2 Å². The van der Waals surface area contributed by atoms with Crippen molar-refractivity contribution in [3.05, 3.63) is 71.4 Å². The topological polar surface area (TPSA) is 79.6 Å². The van der Waals surface area contributed by atoms with Gasteiger partial charge < -0.3 is 5.32 Å². The second kappa shape index (κ2) is 9.80. The first-order valence-electron chi connectivity index (χ1n) is 11.5. The zero-order valence-electron chi connectivity index (χ0n) is 19.5. The number of fused-ring (bicyclic) bond motifs is 1. The van der Waals surface area contributed by atoms with Crippen molar-refractivity contribution >= 4 is 46.4 Å². The molecule has 3 heterocycles. The predicted octanol–water partition coefficient (Wildman–Crippen LogP) is 3.10. The van der Waals surface area contributed by atoms with Gasteiger partial charge in [0, 0.05) is 48.5 Å². The van der Waals surface area contributed by atoms with E-state index in [-0.39, 0.29) is 19.0 Å². The molecule has 0 saturated carbocycles. The first kappa shape index (κ1) is 24.7. The minimum absolute atomic E-state index is 0.0272. The number of sulfonamides is 1. The fourth-order valence-corrected chi connectivity index (χ4v) is 6.32. The number of piperidine rings is 1. The normalized spacial score (nSPS) is 16.9. The largest absolute Gasteiger partial charge is 0.370 e. The highest BCUT2D eigenvalue weighted by Gasteiger charge is 2.32. The molecule has 5 rings (SSSR count). The number of hydrogen-bond donors (Lipinski definition) is 1. The molecule has 0 amide bonds. The van der Waals surface area contributed by atoms with Crippen LogP contribution in [-0.4, -0.2) is 54.8 Å². The van der Waals surface area contributed by atoms with Gasteiger partial charge >= 0.3 is 0 Å². The van der Waals surface area contributed by atoms with Crippen LogP contribution in [0.25, 0.3) is 16.9 Å². The van der Waals surface area contributed by atoms with E-state index in [4.69, 9.17) is 16.6 Å². The zero-order valence-corrected chi connectivity index (χ0v) is 21.0. The summed E-state index contributed by atoms with van der Waals surface area (Å²) in [5.74, 6) is -1.23. The van der Waals surface area contributed by atoms with E-state index in [2.05, 4.69) is 10.4 Å². The summed E-state index contributed by atoms with van der Waals surface area (Å²) in [7, 11) is -2.16.